The fraction of sp³-hybridized carbons (Fsp3) is 0.417. The molecule has 3 rings (SSSR count). The van der Waals surface area contributed by atoms with Crippen LogP contribution in [0.1, 0.15) is 12.8 Å². The number of nitrogens with zero attached hydrogens (tertiary/aromatic N) is 1. The van der Waals surface area contributed by atoms with E-state index in [1.54, 1.807) is 11.3 Å². The van der Waals surface area contributed by atoms with E-state index < -0.39 is 0 Å². The van der Waals surface area contributed by atoms with Crippen molar-refractivity contribution in [1.29, 1.82) is 0 Å². The van der Waals surface area contributed by atoms with Gasteiger partial charge in [-0.25, -0.2) is 4.98 Å². The molecule has 0 bridgehead atoms. The van der Waals surface area contributed by atoms with Gasteiger partial charge in [0.2, 0.25) is 0 Å². The van der Waals surface area contributed by atoms with E-state index in [2.05, 4.69) is 33.1 Å². The molecule has 2 aromatic heterocycles. The minimum absolute atomic E-state index is 0.520. The first-order valence-electron chi connectivity index (χ1n) is 5.73. The van der Waals surface area contributed by atoms with E-state index in [-0.39, 0.29) is 0 Å². The maximum atomic E-state index is 4.44. The van der Waals surface area contributed by atoms with Crippen molar-refractivity contribution in [3.63, 3.8) is 0 Å². The average Bonchev–Trinajstić information content (AvgIpc) is 2.80. The lowest BCUT2D eigenvalue weighted by Gasteiger charge is -2.24. The highest BCUT2D eigenvalue weighted by molar-refractivity contribution is 7.17. The first-order chi connectivity index (χ1) is 7.93. The zero-order chi connectivity index (χ0) is 10.8. The Hall–Kier alpha value is -1.13. The van der Waals surface area contributed by atoms with Gasteiger partial charge >= 0.3 is 0 Å². The Labute approximate surface area is 98.9 Å². The van der Waals surface area contributed by atoms with Crippen LogP contribution >= 0.6 is 11.3 Å². The van der Waals surface area contributed by atoms with Gasteiger partial charge in [0, 0.05) is 28.9 Å². The SMILES string of the molecule is c1cc2sccc2c(N[C@H]2CCCNC2)n1. The van der Waals surface area contributed by atoms with Crippen molar-refractivity contribution < 1.29 is 0 Å². The number of hydrogen-bond donors (Lipinski definition) is 2. The van der Waals surface area contributed by atoms with E-state index in [9.17, 15) is 0 Å². The lowest BCUT2D eigenvalue weighted by Crippen LogP contribution is -2.38. The standard InChI is InChI=1S/C12H15N3S/c1-2-9(8-13-5-1)15-12-10-4-7-16-11(10)3-6-14-12/h3-4,6-7,9,13H,1-2,5,8H2,(H,14,15)/t9-/m0/s1. The van der Waals surface area contributed by atoms with Gasteiger partial charge in [0.15, 0.2) is 0 Å². The van der Waals surface area contributed by atoms with Crippen molar-refractivity contribution in [1.82, 2.24) is 10.3 Å². The fourth-order valence-electron chi connectivity index (χ4n) is 2.18. The van der Waals surface area contributed by atoms with Crippen LogP contribution in [0, 0.1) is 0 Å². The molecular formula is C12H15N3S. The maximum Gasteiger partial charge on any atom is 0.134 e. The van der Waals surface area contributed by atoms with Gasteiger partial charge in [0.25, 0.3) is 0 Å². The van der Waals surface area contributed by atoms with E-state index in [0.29, 0.717) is 6.04 Å². The predicted molar refractivity (Wildman–Crippen MR) is 69.1 cm³/mol. The molecule has 0 spiro atoms. The molecule has 2 N–H and O–H groups in total. The number of fused-ring (bicyclic) bond motifs is 1. The molecule has 84 valence electrons. The molecule has 1 fully saturated rings. The Morgan fingerprint density at radius 2 is 2.44 bits per heavy atom. The van der Waals surface area contributed by atoms with Gasteiger partial charge in [-0.2, -0.15) is 0 Å². The lowest BCUT2D eigenvalue weighted by molar-refractivity contribution is 0.479. The number of hydrogen-bond acceptors (Lipinski definition) is 4. The van der Waals surface area contributed by atoms with Crippen LogP contribution in [0.25, 0.3) is 10.1 Å². The average molecular weight is 233 g/mol. The number of thiophene rings is 1. The summed E-state index contributed by atoms with van der Waals surface area (Å²) in [6, 6.07) is 4.74. The van der Waals surface area contributed by atoms with Crippen molar-refractivity contribution in [2.75, 3.05) is 18.4 Å². The van der Waals surface area contributed by atoms with E-state index in [1.807, 2.05) is 6.20 Å². The zero-order valence-electron chi connectivity index (χ0n) is 9.07. The van der Waals surface area contributed by atoms with Crippen LogP contribution < -0.4 is 10.6 Å². The van der Waals surface area contributed by atoms with Gasteiger partial charge in [0.1, 0.15) is 5.82 Å². The minimum Gasteiger partial charge on any atom is -0.366 e. The maximum absolute atomic E-state index is 4.44. The highest BCUT2D eigenvalue weighted by Gasteiger charge is 2.14. The molecular weight excluding hydrogens is 218 g/mol. The quantitative estimate of drug-likeness (QED) is 0.836. The first-order valence-corrected chi connectivity index (χ1v) is 6.61. The van der Waals surface area contributed by atoms with Crippen molar-refractivity contribution in [3.05, 3.63) is 23.7 Å². The summed E-state index contributed by atoms with van der Waals surface area (Å²) in [4.78, 5) is 4.44. The lowest BCUT2D eigenvalue weighted by atomic mass is 10.1. The molecule has 0 aliphatic carbocycles. The van der Waals surface area contributed by atoms with Crippen LogP contribution in [-0.4, -0.2) is 24.1 Å². The summed E-state index contributed by atoms with van der Waals surface area (Å²) in [5.41, 5.74) is 0. The number of rotatable bonds is 2. The van der Waals surface area contributed by atoms with Crippen molar-refractivity contribution in [2.24, 2.45) is 0 Å². The van der Waals surface area contributed by atoms with E-state index >= 15 is 0 Å². The summed E-state index contributed by atoms with van der Waals surface area (Å²) in [5, 5.41) is 10.3. The minimum atomic E-state index is 0.520. The summed E-state index contributed by atoms with van der Waals surface area (Å²) < 4.78 is 1.31. The molecule has 0 saturated carbocycles. The van der Waals surface area contributed by atoms with Gasteiger partial charge in [-0.15, -0.1) is 11.3 Å². The van der Waals surface area contributed by atoms with E-state index in [4.69, 9.17) is 0 Å². The molecule has 1 aliphatic heterocycles. The Morgan fingerprint density at radius 3 is 3.31 bits per heavy atom. The summed E-state index contributed by atoms with van der Waals surface area (Å²) in [7, 11) is 0. The highest BCUT2D eigenvalue weighted by atomic mass is 32.1. The monoisotopic (exact) mass is 233 g/mol. The first kappa shape index (κ1) is 10.1. The second-order valence-electron chi connectivity index (χ2n) is 4.18. The molecule has 1 aliphatic rings. The van der Waals surface area contributed by atoms with Gasteiger partial charge < -0.3 is 10.6 Å². The molecule has 1 atom stereocenters. The second-order valence-corrected chi connectivity index (χ2v) is 5.13. The van der Waals surface area contributed by atoms with Crippen molar-refractivity contribution in [3.8, 4) is 0 Å². The van der Waals surface area contributed by atoms with Crippen LogP contribution in [0.15, 0.2) is 23.7 Å². The van der Waals surface area contributed by atoms with Gasteiger partial charge in [-0.05, 0) is 36.9 Å². The second kappa shape index (κ2) is 4.39. The van der Waals surface area contributed by atoms with Gasteiger partial charge in [0.05, 0.1) is 0 Å². The zero-order valence-corrected chi connectivity index (χ0v) is 9.89. The molecule has 0 amide bonds. The highest BCUT2D eigenvalue weighted by Crippen LogP contribution is 2.26. The fourth-order valence-corrected chi connectivity index (χ4v) is 2.96. The number of aromatic nitrogens is 1. The predicted octanol–water partition coefficient (Wildman–Crippen LogP) is 2.46. The molecule has 2 aromatic rings. The molecule has 1 saturated heterocycles. The molecule has 0 aromatic carbocycles. The Kier molecular flexibility index (Phi) is 2.76. The summed E-state index contributed by atoms with van der Waals surface area (Å²) in [6.45, 7) is 2.19. The Bertz CT molecular complexity index is 474. The molecule has 0 radical (unpaired) electrons. The molecule has 16 heavy (non-hydrogen) atoms. The van der Waals surface area contributed by atoms with Crippen LogP contribution in [0.3, 0.4) is 0 Å². The van der Waals surface area contributed by atoms with Crippen molar-refractivity contribution in [2.45, 2.75) is 18.9 Å². The summed E-state index contributed by atoms with van der Waals surface area (Å²) in [6.07, 6.45) is 4.36. The third kappa shape index (κ3) is 1.90. The van der Waals surface area contributed by atoms with Crippen LogP contribution in [0.2, 0.25) is 0 Å². The van der Waals surface area contributed by atoms with Crippen molar-refractivity contribution >= 4 is 27.2 Å². The number of nitrogens with one attached hydrogen (secondary N) is 2. The molecule has 3 nitrogen and oxygen atoms in total. The third-order valence-corrected chi connectivity index (χ3v) is 3.90. The van der Waals surface area contributed by atoms with E-state index in [0.717, 1.165) is 18.9 Å². The van der Waals surface area contributed by atoms with Crippen LogP contribution in [0.4, 0.5) is 5.82 Å². The number of piperidine rings is 1. The summed E-state index contributed by atoms with van der Waals surface area (Å²) >= 11 is 1.77. The smallest absolute Gasteiger partial charge is 0.134 e. The number of pyridine rings is 1. The molecule has 3 heterocycles. The molecule has 0 unspecified atom stereocenters. The third-order valence-electron chi connectivity index (χ3n) is 3.02. The Balaban J connectivity index is 1.85. The summed E-state index contributed by atoms with van der Waals surface area (Å²) in [5.74, 6) is 1.03. The van der Waals surface area contributed by atoms with Gasteiger partial charge in [-0.1, -0.05) is 0 Å². The normalized spacial score (nSPS) is 21.1. The Morgan fingerprint density at radius 1 is 1.44 bits per heavy atom. The van der Waals surface area contributed by atoms with Gasteiger partial charge in [-0.3, -0.25) is 0 Å². The molecule has 4 heteroatoms. The van der Waals surface area contributed by atoms with E-state index in [1.165, 1.54) is 22.9 Å². The van der Waals surface area contributed by atoms with Crippen LogP contribution in [0.5, 0.6) is 0 Å². The van der Waals surface area contributed by atoms with Crippen LogP contribution in [-0.2, 0) is 0 Å². The number of anilines is 1. The largest absolute Gasteiger partial charge is 0.366 e. The topological polar surface area (TPSA) is 37.0 Å².